The molecule has 4 rings (SSSR count). The first-order valence-electron chi connectivity index (χ1n) is 12.9. The molecule has 1 saturated heterocycles. The Hall–Kier alpha value is -3.59. The molecule has 1 heterocycles. The summed E-state index contributed by atoms with van der Waals surface area (Å²) in [6.07, 6.45) is 2.77. The van der Waals surface area contributed by atoms with Crippen LogP contribution >= 0.6 is 12.4 Å². The highest BCUT2D eigenvalue weighted by Gasteiger charge is 2.40. The maximum Gasteiger partial charge on any atom is 0.248 e. The second kappa shape index (κ2) is 14.1. The number of allylic oxidation sites excluding steroid dienone is 3. The van der Waals surface area contributed by atoms with Crippen molar-refractivity contribution in [2.45, 2.75) is 24.7 Å². The van der Waals surface area contributed by atoms with Crippen LogP contribution in [0.1, 0.15) is 18.4 Å². The molecule has 0 spiro atoms. The normalized spacial score (nSPS) is 16.1. The Balaban J connectivity index is 0.00000484. The average Bonchev–Trinajstić information content (AvgIpc) is 2.94. The molecule has 1 aliphatic carbocycles. The van der Waals surface area contributed by atoms with E-state index < -0.39 is 35.5 Å². The molecule has 1 aliphatic heterocycles. The lowest BCUT2D eigenvalue weighted by atomic mass is 10.2. The summed E-state index contributed by atoms with van der Waals surface area (Å²) in [5.41, 5.74) is 11.9. The lowest BCUT2D eigenvalue weighted by Gasteiger charge is -2.36. The van der Waals surface area contributed by atoms with Gasteiger partial charge in [-0.3, -0.25) is 4.79 Å². The number of piperazine rings is 1. The second-order valence-corrected chi connectivity index (χ2v) is 13.3. The zero-order chi connectivity index (χ0) is 29.6. The van der Waals surface area contributed by atoms with Gasteiger partial charge in [0.05, 0.1) is 16.4 Å². The van der Waals surface area contributed by atoms with Crippen molar-refractivity contribution in [1.29, 1.82) is 0 Å². The molecular weight excluding hydrogens is 606 g/mol. The van der Waals surface area contributed by atoms with E-state index in [2.05, 4.69) is 5.16 Å². The lowest BCUT2D eigenvalue weighted by Crippen LogP contribution is -2.49. The van der Waals surface area contributed by atoms with Gasteiger partial charge >= 0.3 is 0 Å². The van der Waals surface area contributed by atoms with Gasteiger partial charge in [0.15, 0.2) is 5.78 Å². The molecule has 0 aromatic heterocycles. The number of guanidine groups is 1. The monoisotopic (exact) mass is 639 g/mol. The first kappa shape index (κ1) is 32.9. The molecule has 228 valence electrons. The van der Waals surface area contributed by atoms with Crippen LogP contribution < -0.4 is 21.1 Å². The smallest absolute Gasteiger partial charge is 0.248 e. The van der Waals surface area contributed by atoms with Crippen molar-refractivity contribution >= 4 is 49.7 Å². The second-order valence-electron chi connectivity index (χ2n) is 9.49. The fourth-order valence-electron chi connectivity index (χ4n) is 4.53. The van der Waals surface area contributed by atoms with Crippen LogP contribution in [0.5, 0.6) is 5.75 Å². The zero-order valence-corrected chi connectivity index (χ0v) is 25.5. The minimum Gasteiger partial charge on any atom is -0.493 e. The predicted octanol–water partition coefficient (Wildman–Crippen LogP) is 2.06. The van der Waals surface area contributed by atoms with Crippen molar-refractivity contribution in [1.82, 2.24) is 4.31 Å². The van der Waals surface area contributed by atoms with E-state index in [-0.39, 0.29) is 61.7 Å². The SMILES string of the molecule is Cc1cc(OCCCON=C(N)N)cc(S(=O)(=O)C2=C(S(=O)(=O)N3CCN(c4ccccc4)CC3)C(=O)CC=C2)c1.Cl. The maximum atomic E-state index is 13.8. The van der Waals surface area contributed by atoms with Crippen LogP contribution in [0.25, 0.3) is 0 Å². The Kier molecular flexibility index (Phi) is 11.0. The Morgan fingerprint density at radius 3 is 2.33 bits per heavy atom. The molecule has 2 aromatic rings. The Morgan fingerprint density at radius 2 is 1.67 bits per heavy atom. The van der Waals surface area contributed by atoms with E-state index in [9.17, 15) is 21.6 Å². The van der Waals surface area contributed by atoms with Gasteiger partial charge in [-0.25, -0.2) is 16.8 Å². The third-order valence-corrected chi connectivity index (χ3v) is 10.4. The number of carbonyl (C=O) groups is 1. The van der Waals surface area contributed by atoms with Crippen molar-refractivity contribution in [2.75, 3.05) is 44.3 Å². The number of anilines is 1. The van der Waals surface area contributed by atoms with Crippen LogP contribution in [-0.4, -0.2) is 72.3 Å². The Labute approximate surface area is 252 Å². The molecule has 0 atom stereocenters. The van der Waals surface area contributed by atoms with Crippen LogP contribution in [0, 0.1) is 6.92 Å². The van der Waals surface area contributed by atoms with Crippen molar-refractivity contribution in [3.05, 3.63) is 76.1 Å². The summed E-state index contributed by atoms with van der Waals surface area (Å²) < 4.78 is 62.0. The van der Waals surface area contributed by atoms with E-state index in [4.69, 9.17) is 21.0 Å². The third kappa shape index (κ3) is 7.62. The number of hydrogen-bond acceptors (Lipinski definition) is 9. The Morgan fingerprint density at radius 1 is 0.976 bits per heavy atom. The molecule has 0 amide bonds. The number of Topliss-reactive ketones (excluding diaryl/α,β-unsaturated/α-hetero) is 1. The van der Waals surface area contributed by atoms with Crippen LogP contribution in [0.3, 0.4) is 0 Å². The number of ether oxygens (including phenoxy) is 1. The minimum absolute atomic E-state index is 0. The van der Waals surface area contributed by atoms with Crippen molar-refractivity contribution < 1.29 is 31.2 Å². The van der Waals surface area contributed by atoms with Gasteiger partial charge in [-0.2, -0.15) is 4.31 Å². The number of halogens is 1. The first-order valence-corrected chi connectivity index (χ1v) is 15.9. The lowest BCUT2D eigenvalue weighted by molar-refractivity contribution is -0.114. The van der Waals surface area contributed by atoms with E-state index in [1.807, 2.05) is 35.2 Å². The third-order valence-electron chi connectivity index (χ3n) is 6.45. The minimum atomic E-state index is -4.41. The average molecular weight is 640 g/mol. The molecule has 4 N–H and O–H groups in total. The van der Waals surface area contributed by atoms with Gasteiger partial charge in [-0.05, 0) is 54.1 Å². The number of ketones is 1. The van der Waals surface area contributed by atoms with Crippen molar-refractivity contribution in [2.24, 2.45) is 16.6 Å². The number of rotatable bonds is 11. The van der Waals surface area contributed by atoms with Crippen LogP contribution in [0.2, 0.25) is 0 Å². The number of benzene rings is 2. The van der Waals surface area contributed by atoms with Crippen LogP contribution in [0.15, 0.2) is 80.5 Å². The quantitative estimate of drug-likeness (QED) is 0.160. The summed E-state index contributed by atoms with van der Waals surface area (Å²) >= 11 is 0. The molecule has 0 radical (unpaired) electrons. The molecule has 15 heteroatoms. The largest absolute Gasteiger partial charge is 0.493 e. The fourth-order valence-corrected chi connectivity index (χ4v) is 8.27. The molecule has 0 unspecified atom stereocenters. The number of sulfone groups is 1. The van der Waals surface area contributed by atoms with Gasteiger partial charge in [-0.1, -0.05) is 24.3 Å². The highest BCUT2D eigenvalue weighted by atomic mass is 35.5. The number of oxime groups is 1. The summed E-state index contributed by atoms with van der Waals surface area (Å²) in [7, 11) is -8.80. The van der Waals surface area contributed by atoms with E-state index in [1.165, 1.54) is 28.6 Å². The van der Waals surface area contributed by atoms with Crippen LogP contribution in [-0.2, 0) is 29.5 Å². The van der Waals surface area contributed by atoms with Gasteiger partial charge in [0.1, 0.15) is 17.3 Å². The van der Waals surface area contributed by atoms with Gasteiger partial charge in [-0.15, -0.1) is 12.4 Å². The Bertz CT molecular complexity index is 1580. The molecule has 1 fully saturated rings. The van der Waals surface area contributed by atoms with Crippen LogP contribution in [0.4, 0.5) is 5.69 Å². The van der Waals surface area contributed by atoms with Gasteiger partial charge in [0, 0.05) is 44.7 Å². The number of hydrogen-bond donors (Lipinski definition) is 2. The summed E-state index contributed by atoms with van der Waals surface area (Å²) in [5.74, 6) is -0.708. The standard InChI is InChI=1S/C27H33N5O7S2.ClH/c1-20-17-22(38-15-6-16-39-30-27(28)29)19-23(18-20)40(34,35)25-10-5-9-24(33)26(25)41(36,37)32-13-11-31(12-14-32)21-7-3-2-4-8-21;/h2-5,7-8,10,17-19H,6,9,11-16H2,1H3,(H4,28,29,30);1H. The topological polar surface area (TPSA) is 175 Å². The molecule has 0 bridgehead atoms. The highest BCUT2D eigenvalue weighted by Crippen LogP contribution is 2.34. The molecular formula is C27H34ClN5O7S2. The zero-order valence-electron chi connectivity index (χ0n) is 23.0. The summed E-state index contributed by atoms with van der Waals surface area (Å²) in [5, 5.41) is 3.41. The fraction of sp³-hybridized carbons (Fsp3) is 0.333. The molecule has 0 saturated carbocycles. The maximum absolute atomic E-state index is 13.8. The first-order chi connectivity index (χ1) is 19.5. The highest BCUT2D eigenvalue weighted by molar-refractivity contribution is 7.98. The number of nitrogens with zero attached hydrogens (tertiary/aromatic N) is 3. The van der Waals surface area contributed by atoms with Gasteiger partial charge in [0.2, 0.25) is 25.8 Å². The van der Waals surface area contributed by atoms with Crippen molar-refractivity contribution in [3.63, 3.8) is 0 Å². The predicted molar refractivity (Wildman–Crippen MR) is 162 cm³/mol. The molecule has 42 heavy (non-hydrogen) atoms. The van der Waals surface area contributed by atoms with E-state index in [0.717, 1.165) is 5.69 Å². The van der Waals surface area contributed by atoms with E-state index >= 15 is 0 Å². The number of aryl methyl sites for hydroxylation is 1. The number of carbonyl (C=O) groups excluding carboxylic acids is 1. The van der Waals surface area contributed by atoms with Gasteiger partial charge in [0.25, 0.3) is 0 Å². The molecule has 2 aliphatic rings. The van der Waals surface area contributed by atoms with E-state index in [0.29, 0.717) is 25.1 Å². The van der Waals surface area contributed by atoms with Gasteiger partial charge < -0.3 is 25.9 Å². The number of nitrogens with two attached hydrogens (primary N) is 2. The summed E-state index contributed by atoms with van der Waals surface area (Å²) in [6.45, 7) is 3.07. The van der Waals surface area contributed by atoms with E-state index in [1.54, 1.807) is 13.0 Å². The summed E-state index contributed by atoms with van der Waals surface area (Å²) in [6, 6.07) is 13.9. The summed E-state index contributed by atoms with van der Waals surface area (Å²) in [4.78, 5) is 18.5. The molecule has 12 nitrogen and oxygen atoms in total. The number of sulfonamides is 1. The molecule has 2 aromatic carbocycles. The van der Waals surface area contributed by atoms with Crippen molar-refractivity contribution in [3.8, 4) is 5.75 Å². The number of para-hydroxylation sites is 1.